The normalized spacial score (nSPS) is 11.4. The minimum Gasteiger partial charge on any atom is -0.478 e. The fourth-order valence-corrected chi connectivity index (χ4v) is 3.13. The summed E-state index contributed by atoms with van der Waals surface area (Å²) in [5.41, 5.74) is 2.62. The molecule has 0 aliphatic rings. The second-order valence-electron chi connectivity index (χ2n) is 6.35. The minimum atomic E-state index is -0.944. The number of benzene rings is 3. The Morgan fingerprint density at radius 3 is 2.41 bits per heavy atom. The van der Waals surface area contributed by atoms with E-state index >= 15 is 0 Å². The van der Waals surface area contributed by atoms with Crippen molar-refractivity contribution >= 4 is 39.8 Å². The first-order valence-electron chi connectivity index (χ1n) is 8.46. The minimum absolute atomic E-state index is 0.145. The van der Waals surface area contributed by atoms with Crippen LogP contribution in [0.3, 0.4) is 0 Å². The van der Waals surface area contributed by atoms with Crippen LogP contribution in [0.4, 0.5) is 0 Å². The molecule has 27 heavy (non-hydrogen) atoms. The van der Waals surface area contributed by atoms with Crippen molar-refractivity contribution in [3.63, 3.8) is 0 Å². The topological polar surface area (TPSA) is 83.0 Å². The lowest BCUT2D eigenvalue weighted by molar-refractivity contribution is 0.0697. The molecule has 1 aromatic heterocycles. The van der Waals surface area contributed by atoms with Crippen molar-refractivity contribution in [1.82, 2.24) is 9.97 Å². The van der Waals surface area contributed by atoms with Crippen LogP contribution in [0.5, 0.6) is 0 Å². The van der Waals surface area contributed by atoms with Crippen LogP contribution in [-0.2, 0) is 0 Å². The third-order valence-corrected chi connectivity index (χ3v) is 4.46. The first kappa shape index (κ1) is 16.7. The molecule has 0 spiro atoms. The van der Waals surface area contributed by atoms with Crippen LogP contribution in [0.1, 0.15) is 27.3 Å². The van der Waals surface area contributed by atoms with E-state index in [-0.39, 0.29) is 11.1 Å². The van der Waals surface area contributed by atoms with Crippen molar-refractivity contribution in [2.45, 2.75) is 6.92 Å². The number of nitrogens with zero attached hydrogens (tertiary/aromatic N) is 1. The van der Waals surface area contributed by atoms with Crippen molar-refractivity contribution in [2.24, 2.45) is 0 Å². The van der Waals surface area contributed by atoms with Crippen LogP contribution < -0.4 is 5.56 Å². The molecule has 1 heterocycles. The van der Waals surface area contributed by atoms with Gasteiger partial charge in [0, 0.05) is 0 Å². The Labute approximate surface area is 154 Å². The molecule has 0 fully saturated rings. The number of fused-ring (bicyclic) bond motifs is 3. The van der Waals surface area contributed by atoms with Gasteiger partial charge in [-0.1, -0.05) is 42.5 Å². The fraction of sp³-hybridized carbons (Fsp3) is 0.0455. The molecule has 5 nitrogen and oxygen atoms in total. The second kappa shape index (κ2) is 6.53. The fourth-order valence-electron chi connectivity index (χ4n) is 3.13. The Hall–Kier alpha value is -3.73. The standard InChI is InChI=1S/C22H16N2O3/c1-13-23-19-11-10-16-7-6-15(12-18(16)20(19)21(25)24-13)3-2-14-4-8-17(9-5-14)22(26)27/h2-12H,1H3,(H,26,27)(H,23,24,25). The Morgan fingerprint density at radius 1 is 1.00 bits per heavy atom. The quantitative estimate of drug-likeness (QED) is 0.424. The Balaban J connectivity index is 1.77. The van der Waals surface area contributed by atoms with Gasteiger partial charge in [0.2, 0.25) is 0 Å². The number of hydrogen-bond donors (Lipinski definition) is 2. The van der Waals surface area contributed by atoms with E-state index in [9.17, 15) is 9.59 Å². The molecule has 0 radical (unpaired) electrons. The zero-order valence-corrected chi connectivity index (χ0v) is 14.6. The summed E-state index contributed by atoms with van der Waals surface area (Å²) in [5.74, 6) is -0.353. The molecule has 132 valence electrons. The molecule has 0 aliphatic carbocycles. The van der Waals surface area contributed by atoms with E-state index in [4.69, 9.17) is 5.11 Å². The number of nitrogens with one attached hydrogen (secondary N) is 1. The largest absolute Gasteiger partial charge is 0.478 e. The number of H-pyrrole nitrogens is 1. The van der Waals surface area contributed by atoms with E-state index in [0.717, 1.165) is 21.9 Å². The molecule has 5 heteroatoms. The Kier molecular flexibility index (Phi) is 4.05. The molecule has 0 amide bonds. The van der Waals surface area contributed by atoms with E-state index in [2.05, 4.69) is 9.97 Å². The predicted octanol–water partition coefficient (Wildman–Crippen LogP) is 4.25. The highest BCUT2D eigenvalue weighted by Gasteiger charge is 2.07. The summed E-state index contributed by atoms with van der Waals surface area (Å²) in [6, 6.07) is 16.4. The van der Waals surface area contributed by atoms with E-state index in [1.54, 1.807) is 31.2 Å². The molecule has 4 rings (SSSR count). The maximum atomic E-state index is 12.4. The summed E-state index contributed by atoms with van der Waals surface area (Å²) in [6.45, 7) is 1.76. The summed E-state index contributed by atoms with van der Waals surface area (Å²) in [5, 5.41) is 11.4. The molecule has 4 aromatic rings. The summed E-state index contributed by atoms with van der Waals surface area (Å²) >= 11 is 0. The van der Waals surface area contributed by atoms with Gasteiger partial charge in [-0.05, 0) is 53.1 Å². The Bertz CT molecular complexity index is 1270. The van der Waals surface area contributed by atoms with Gasteiger partial charge in [-0.3, -0.25) is 4.79 Å². The predicted molar refractivity (Wildman–Crippen MR) is 107 cm³/mol. The molecule has 0 saturated heterocycles. The maximum Gasteiger partial charge on any atom is 0.335 e. The van der Waals surface area contributed by atoms with Gasteiger partial charge in [0.05, 0.1) is 16.5 Å². The van der Waals surface area contributed by atoms with Crippen molar-refractivity contribution in [1.29, 1.82) is 0 Å². The van der Waals surface area contributed by atoms with Crippen molar-refractivity contribution in [3.05, 3.63) is 87.5 Å². The summed E-state index contributed by atoms with van der Waals surface area (Å²) in [6.07, 6.45) is 3.84. The molecule has 0 aliphatic heterocycles. The van der Waals surface area contributed by atoms with Gasteiger partial charge in [0.15, 0.2) is 0 Å². The summed E-state index contributed by atoms with van der Waals surface area (Å²) in [7, 11) is 0. The lowest BCUT2D eigenvalue weighted by Gasteiger charge is -2.05. The van der Waals surface area contributed by atoms with Crippen LogP contribution in [0.25, 0.3) is 33.8 Å². The molecule has 0 saturated carbocycles. The molecule has 3 aromatic carbocycles. The highest BCUT2D eigenvalue weighted by molar-refractivity contribution is 6.06. The lowest BCUT2D eigenvalue weighted by Crippen LogP contribution is -2.10. The van der Waals surface area contributed by atoms with Crippen LogP contribution >= 0.6 is 0 Å². The van der Waals surface area contributed by atoms with E-state index < -0.39 is 5.97 Å². The third kappa shape index (κ3) is 3.22. The highest BCUT2D eigenvalue weighted by atomic mass is 16.4. The number of carbonyl (C=O) groups is 1. The number of carboxylic acid groups (broad SMARTS) is 1. The first-order chi connectivity index (χ1) is 13.0. The molecule has 0 bridgehead atoms. The average molecular weight is 356 g/mol. The number of carboxylic acids is 1. The van der Waals surface area contributed by atoms with Gasteiger partial charge in [-0.25, -0.2) is 9.78 Å². The molecular weight excluding hydrogens is 340 g/mol. The van der Waals surface area contributed by atoms with Gasteiger partial charge < -0.3 is 10.1 Å². The average Bonchev–Trinajstić information content (AvgIpc) is 2.65. The van der Waals surface area contributed by atoms with Gasteiger partial charge >= 0.3 is 5.97 Å². The number of aryl methyl sites for hydroxylation is 1. The van der Waals surface area contributed by atoms with Crippen LogP contribution in [0.15, 0.2) is 59.4 Å². The van der Waals surface area contributed by atoms with Crippen LogP contribution in [0, 0.1) is 6.92 Å². The monoisotopic (exact) mass is 356 g/mol. The smallest absolute Gasteiger partial charge is 0.335 e. The highest BCUT2D eigenvalue weighted by Crippen LogP contribution is 2.24. The van der Waals surface area contributed by atoms with E-state index in [0.29, 0.717) is 16.7 Å². The first-order valence-corrected chi connectivity index (χ1v) is 8.46. The molecule has 2 N–H and O–H groups in total. The Morgan fingerprint density at radius 2 is 1.67 bits per heavy atom. The molecule has 0 unspecified atom stereocenters. The van der Waals surface area contributed by atoms with Gasteiger partial charge in [0.25, 0.3) is 5.56 Å². The van der Waals surface area contributed by atoms with E-state index in [1.165, 1.54) is 0 Å². The zero-order valence-electron chi connectivity index (χ0n) is 14.6. The third-order valence-electron chi connectivity index (χ3n) is 4.46. The maximum absolute atomic E-state index is 12.4. The van der Waals surface area contributed by atoms with Gasteiger partial charge in [-0.2, -0.15) is 0 Å². The number of aromatic nitrogens is 2. The number of hydrogen-bond acceptors (Lipinski definition) is 3. The molecule has 0 atom stereocenters. The summed E-state index contributed by atoms with van der Waals surface area (Å²) in [4.78, 5) is 30.5. The number of rotatable bonds is 3. The zero-order chi connectivity index (χ0) is 19.0. The van der Waals surface area contributed by atoms with Gasteiger partial charge in [-0.15, -0.1) is 0 Å². The van der Waals surface area contributed by atoms with Crippen LogP contribution in [-0.4, -0.2) is 21.0 Å². The van der Waals surface area contributed by atoms with Crippen molar-refractivity contribution in [2.75, 3.05) is 0 Å². The second-order valence-corrected chi connectivity index (χ2v) is 6.35. The van der Waals surface area contributed by atoms with Crippen molar-refractivity contribution in [3.8, 4) is 0 Å². The summed E-state index contributed by atoms with van der Waals surface area (Å²) < 4.78 is 0. The van der Waals surface area contributed by atoms with Crippen molar-refractivity contribution < 1.29 is 9.90 Å². The molecular formula is C22H16N2O3. The van der Waals surface area contributed by atoms with Crippen LogP contribution in [0.2, 0.25) is 0 Å². The SMILES string of the molecule is Cc1nc2ccc3ccc(C=Cc4ccc(C(=O)O)cc4)cc3c2c(=O)[nH]1. The number of aromatic carboxylic acids is 1. The van der Waals surface area contributed by atoms with Gasteiger partial charge in [0.1, 0.15) is 5.82 Å². The number of aromatic amines is 1. The van der Waals surface area contributed by atoms with E-state index in [1.807, 2.05) is 42.5 Å². The lowest BCUT2D eigenvalue weighted by atomic mass is 10.0.